The molecular formula is C20H28N2O7S. The zero-order valence-corrected chi connectivity index (χ0v) is 17.9. The van der Waals surface area contributed by atoms with Crippen LogP contribution in [0.4, 0.5) is 5.69 Å². The third-order valence-electron chi connectivity index (χ3n) is 5.35. The molecule has 0 unspecified atom stereocenters. The first-order valence-corrected chi connectivity index (χ1v) is 11.6. The summed E-state index contributed by atoms with van der Waals surface area (Å²) in [6, 6.07) is 4.24. The maximum Gasteiger partial charge on any atom is 0.306 e. The van der Waals surface area contributed by atoms with Crippen LogP contribution in [0.5, 0.6) is 5.75 Å². The molecule has 1 aromatic carbocycles. The van der Waals surface area contributed by atoms with Gasteiger partial charge in [0.2, 0.25) is 10.0 Å². The Morgan fingerprint density at radius 3 is 2.57 bits per heavy atom. The molecule has 2 aliphatic rings. The van der Waals surface area contributed by atoms with E-state index in [-0.39, 0.29) is 29.7 Å². The third kappa shape index (κ3) is 5.71. The molecule has 1 aromatic rings. The number of morpholine rings is 1. The summed E-state index contributed by atoms with van der Waals surface area (Å²) >= 11 is 0. The van der Waals surface area contributed by atoms with Gasteiger partial charge in [0.1, 0.15) is 5.75 Å². The van der Waals surface area contributed by atoms with E-state index >= 15 is 0 Å². The Hall–Kier alpha value is -2.17. The van der Waals surface area contributed by atoms with Crippen molar-refractivity contribution in [1.82, 2.24) is 4.31 Å². The zero-order chi connectivity index (χ0) is 21.6. The number of amides is 1. The minimum absolute atomic E-state index is 0.0715. The summed E-state index contributed by atoms with van der Waals surface area (Å²) in [4.78, 5) is 24.1. The smallest absolute Gasteiger partial charge is 0.306 e. The second-order valence-electron chi connectivity index (χ2n) is 7.44. The van der Waals surface area contributed by atoms with Crippen molar-refractivity contribution < 1.29 is 32.2 Å². The molecule has 1 saturated carbocycles. The van der Waals surface area contributed by atoms with Crippen molar-refractivity contribution in [2.24, 2.45) is 5.92 Å². The molecule has 2 fully saturated rings. The van der Waals surface area contributed by atoms with Crippen LogP contribution in [0.25, 0.3) is 0 Å². The predicted molar refractivity (Wildman–Crippen MR) is 109 cm³/mol. The van der Waals surface area contributed by atoms with Gasteiger partial charge in [-0.2, -0.15) is 4.31 Å². The van der Waals surface area contributed by atoms with Crippen molar-refractivity contribution in [3.8, 4) is 5.75 Å². The number of nitrogens with zero attached hydrogens (tertiary/aromatic N) is 1. The first-order chi connectivity index (χ1) is 14.4. The summed E-state index contributed by atoms with van der Waals surface area (Å²) in [5.74, 6) is -0.343. The topological polar surface area (TPSA) is 111 Å². The number of sulfonamides is 1. The van der Waals surface area contributed by atoms with Crippen LogP contribution < -0.4 is 10.1 Å². The summed E-state index contributed by atoms with van der Waals surface area (Å²) in [7, 11) is -2.29. The van der Waals surface area contributed by atoms with Crippen LogP contribution in [-0.2, 0) is 29.1 Å². The molecular weight excluding hydrogens is 412 g/mol. The van der Waals surface area contributed by atoms with E-state index in [1.807, 2.05) is 0 Å². The number of hydrogen-bond donors (Lipinski definition) is 1. The maximum absolute atomic E-state index is 12.8. The molecule has 1 heterocycles. The lowest BCUT2D eigenvalue weighted by atomic mass is 10.1. The van der Waals surface area contributed by atoms with E-state index in [0.29, 0.717) is 31.2 Å². The van der Waals surface area contributed by atoms with Gasteiger partial charge in [-0.3, -0.25) is 9.59 Å². The van der Waals surface area contributed by atoms with E-state index in [4.69, 9.17) is 14.2 Å². The SMILES string of the molecule is COc1cc(S(=O)(=O)N2CCOCC2)ccc1NC(=O)COC(=O)CC1CCCC1. The van der Waals surface area contributed by atoms with E-state index in [1.165, 1.54) is 29.6 Å². The van der Waals surface area contributed by atoms with E-state index in [9.17, 15) is 18.0 Å². The lowest BCUT2D eigenvalue weighted by Gasteiger charge is -2.26. The van der Waals surface area contributed by atoms with Crippen molar-refractivity contribution in [3.63, 3.8) is 0 Å². The summed E-state index contributed by atoms with van der Waals surface area (Å²) in [6.45, 7) is 0.876. The highest BCUT2D eigenvalue weighted by atomic mass is 32.2. The lowest BCUT2D eigenvalue weighted by Crippen LogP contribution is -2.40. The van der Waals surface area contributed by atoms with Gasteiger partial charge in [0.05, 0.1) is 30.9 Å². The average Bonchev–Trinajstić information content (AvgIpc) is 3.26. The van der Waals surface area contributed by atoms with Gasteiger partial charge in [-0.05, 0) is 30.9 Å². The molecule has 30 heavy (non-hydrogen) atoms. The Morgan fingerprint density at radius 1 is 1.20 bits per heavy atom. The van der Waals surface area contributed by atoms with Crippen LogP contribution in [0, 0.1) is 5.92 Å². The fraction of sp³-hybridized carbons (Fsp3) is 0.600. The van der Waals surface area contributed by atoms with E-state index < -0.39 is 22.5 Å². The highest BCUT2D eigenvalue weighted by molar-refractivity contribution is 7.89. The van der Waals surface area contributed by atoms with Gasteiger partial charge in [0, 0.05) is 25.6 Å². The number of benzene rings is 1. The molecule has 1 N–H and O–H groups in total. The first-order valence-electron chi connectivity index (χ1n) is 10.1. The second-order valence-corrected chi connectivity index (χ2v) is 9.38. The Labute approximate surface area is 176 Å². The number of esters is 1. The maximum atomic E-state index is 12.8. The summed E-state index contributed by atoms with van der Waals surface area (Å²) in [5, 5.41) is 2.60. The Morgan fingerprint density at radius 2 is 1.90 bits per heavy atom. The summed E-state index contributed by atoms with van der Waals surface area (Å²) in [5.41, 5.74) is 0.301. The number of rotatable bonds is 8. The molecule has 3 rings (SSSR count). The summed E-state index contributed by atoms with van der Waals surface area (Å²) < 4.78 is 42.4. The van der Waals surface area contributed by atoms with Crippen LogP contribution in [0.15, 0.2) is 23.1 Å². The molecule has 0 aromatic heterocycles. The number of ether oxygens (including phenoxy) is 3. The molecule has 0 bridgehead atoms. The van der Waals surface area contributed by atoms with Crippen molar-refractivity contribution in [3.05, 3.63) is 18.2 Å². The predicted octanol–water partition coefficient (Wildman–Crippen LogP) is 1.78. The molecule has 1 saturated heterocycles. The molecule has 0 spiro atoms. The molecule has 1 aliphatic carbocycles. The summed E-state index contributed by atoms with van der Waals surface area (Å²) in [6.07, 6.45) is 4.66. The van der Waals surface area contributed by atoms with Crippen LogP contribution >= 0.6 is 0 Å². The fourth-order valence-corrected chi connectivity index (χ4v) is 5.14. The highest BCUT2D eigenvalue weighted by Crippen LogP contribution is 2.30. The quantitative estimate of drug-likeness (QED) is 0.613. The van der Waals surface area contributed by atoms with Gasteiger partial charge >= 0.3 is 5.97 Å². The van der Waals surface area contributed by atoms with Gasteiger partial charge < -0.3 is 19.5 Å². The average molecular weight is 441 g/mol. The van der Waals surface area contributed by atoms with Crippen molar-refractivity contribution in [1.29, 1.82) is 0 Å². The van der Waals surface area contributed by atoms with Crippen molar-refractivity contribution in [2.45, 2.75) is 37.0 Å². The molecule has 1 amide bonds. The normalized spacial score (nSPS) is 18.2. The van der Waals surface area contributed by atoms with E-state index in [1.54, 1.807) is 0 Å². The van der Waals surface area contributed by atoms with E-state index in [0.717, 1.165) is 25.7 Å². The van der Waals surface area contributed by atoms with Crippen LogP contribution in [0.1, 0.15) is 32.1 Å². The van der Waals surface area contributed by atoms with Crippen LogP contribution in [0.3, 0.4) is 0 Å². The van der Waals surface area contributed by atoms with Gasteiger partial charge in [0.25, 0.3) is 5.91 Å². The molecule has 1 aliphatic heterocycles. The Kier molecular flexibility index (Phi) is 7.68. The van der Waals surface area contributed by atoms with Crippen LogP contribution in [0.2, 0.25) is 0 Å². The third-order valence-corrected chi connectivity index (χ3v) is 7.24. The fourth-order valence-electron chi connectivity index (χ4n) is 3.71. The Balaban J connectivity index is 1.59. The largest absolute Gasteiger partial charge is 0.495 e. The number of nitrogens with one attached hydrogen (secondary N) is 1. The zero-order valence-electron chi connectivity index (χ0n) is 17.1. The molecule has 0 atom stereocenters. The van der Waals surface area contributed by atoms with Crippen molar-refractivity contribution in [2.75, 3.05) is 45.3 Å². The lowest BCUT2D eigenvalue weighted by molar-refractivity contribution is -0.148. The minimum Gasteiger partial charge on any atom is -0.495 e. The number of carbonyl (C=O) groups is 2. The molecule has 166 valence electrons. The molecule has 10 heteroatoms. The number of carbonyl (C=O) groups excluding carboxylic acids is 2. The second kappa shape index (κ2) is 10.2. The standard InChI is InChI=1S/C20H28N2O7S/c1-27-18-13-16(30(25,26)22-8-10-28-11-9-22)6-7-17(18)21-19(23)14-29-20(24)12-15-4-2-3-5-15/h6-7,13,15H,2-5,8-12,14H2,1H3,(H,21,23). The minimum atomic E-state index is -3.68. The molecule has 9 nitrogen and oxygen atoms in total. The molecule has 0 radical (unpaired) electrons. The van der Waals surface area contributed by atoms with Crippen LogP contribution in [-0.4, -0.2) is 64.6 Å². The number of anilines is 1. The Bertz CT molecular complexity index is 860. The van der Waals surface area contributed by atoms with Gasteiger partial charge in [-0.1, -0.05) is 12.8 Å². The monoisotopic (exact) mass is 440 g/mol. The number of hydrogen-bond acceptors (Lipinski definition) is 7. The first kappa shape index (κ1) is 22.5. The van der Waals surface area contributed by atoms with Gasteiger partial charge in [0.15, 0.2) is 6.61 Å². The van der Waals surface area contributed by atoms with Gasteiger partial charge in [-0.25, -0.2) is 8.42 Å². The highest BCUT2D eigenvalue weighted by Gasteiger charge is 2.27. The van der Waals surface area contributed by atoms with E-state index in [2.05, 4.69) is 5.32 Å². The van der Waals surface area contributed by atoms with Gasteiger partial charge in [-0.15, -0.1) is 0 Å². The van der Waals surface area contributed by atoms with Crippen molar-refractivity contribution >= 4 is 27.6 Å². The number of methoxy groups -OCH3 is 1.